The number of aromatic hydroxyl groups is 4. The summed E-state index contributed by atoms with van der Waals surface area (Å²) in [5.41, 5.74) is 13.2. The minimum atomic E-state index is -1.88. The Morgan fingerprint density at radius 3 is 1.31 bits per heavy atom. The SMILES string of the molecule is CSCC[C@H](NC(=O)[C@H](C)NC(=O)[C@H](Cc1ccc(O)cc1)NC(=O)[C@H](Cc1ccc(O)cc1)NC(=O)[C@H](Cc1cnc[nH]1)NC(=O)[C@@H]1CCCN1C(=O)[C@H](CC(N)=O)NC(=O)CNC(=O)[C@H](Cc1ccc(O)cc1)NC(=O)[C@@H]1CCCN1C(=O)[C@@H]1CCCN1C(=O)[C@@H](N)CC(=O)O)C(=O)N[C@@H](CC(=O)O)C(=O)N[C@@H](Cc1ccc(O)cc1)C(=O)O. The molecule has 0 aliphatic carbocycles. The van der Waals surface area contributed by atoms with Gasteiger partial charge in [-0.05, 0) is 135 Å². The number of amides is 14. The number of imidazole rings is 1. The van der Waals surface area contributed by atoms with Gasteiger partial charge in [-0.2, -0.15) is 11.8 Å². The Balaban J connectivity index is 0.951. The van der Waals surface area contributed by atoms with Gasteiger partial charge in [-0.15, -0.1) is 0 Å². The van der Waals surface area contributed by atoms with Crippen LogP contribution >= 0.6 is 11.8 Å². The van der Waals surface area contributed by atoms with Gasteiger partial charge in [-0.3, -0.25) is 76.7 Å². The highest BCUT2D eigenvalue weighted by atomic mass is 32.2. The lowest BCUT2D eigenvalue weighted by Gasteiger charge is -2.32. The molecule has 0 saturated carbocycles. The van der Waals surface area contributed by atoms with Crippen LogP contribution in [-0.2, 0) is 114 Å². The summed E-state index contributed by atoms with van der Waals surface area (Å²) in [6.07, 6.45) is 1.17. The first-order valence-corrected chi connectivity index (χ1v) is 40.1. The van der Waals surface area contributed by atoms with Crippen molar-refractivity contribution in [3.8, 4) is 23.0 Å². The number of phenolic OH excluding ortho intramolecular Hbond substituents is 4. The van der Waals surface area contributed by atoms with Gasteiger partial charge >= 0.3 is 17.9 Å². The molecule has 0 unspecified atom stereocenters. The highest BCUT2D eigenvalue weighted by Gasteiger charge is 2.46. The number of primary amides is 1. The van der Waals surface area contributed by atoms with Crippen LogP contribution in [0.2, 0.25) is 0 Å². The molecule has 3 fully saturated rings. The maximum Gasteiger partial charge on any atom is 0.326 e. The van der Waals surface area contributed by atoms with Crippen LogP contribution in [0.15, 0.2) is 110 Å². The number of aliphatic carboxylic acids is 3. The van der Waals surface area contributed by atoms with Gasteiger partial charge in [0.15, 0.2) is 0 Å². The molecule has 3 aliphatic rings. The Morgan fingerprint density at radius 1 is 0.455 bits per heavy atom. The number of nitrogens with zero attached hydrogens (tertiary/aromatic N) is 4. The molecule has 5 aromatic rings. The average Bonchev–Trinajstić information content (AvgIpc) is 1.68. The Bertz CT molecular complexity index is 4560. The number of H-pyrrole nitrogens is 1. The normalized spacial score (nSPS) is 17.3. The molecule has 22 N–H and O–H groups in total. The number of carbonyl (C=O) groups is 17. The lowest BCUT2D eigenvalue weighted by Crippen LogP contribution is -2.61. The first-order valence-electron chi connectivity index (χ1n) is 38.7. The number of carboxylic acids is 3. The van der Waals surface area contributed by atoms with Gasteiger partial charge in [0.05, 0.1) is 38.2 Å². The summed E-state index contributed by atoms with van der Waals surface area (Å²) < 4.78 is 0. The number of likely N-dealkylation sites (tertiary alicyclic amines) is 3. The molecule has 0 spiro atoms. The predicted molar refractivity (Wildman–Crippen MR) is 427 cm³/mol. The van der Waals surface area contributed by atoms with Crippen LogP contribution < -0.4 is 64.6 Å². The summed E-state index contributed by atoms with van der Waals surface area (Å²) in [6.45, 7) is 0.392. The maximum absolute atomic E-state index is 15.0. The predicted octanol–water partition coefficient (Wildman–Crippen LogP) is -3.79. The van der Waals surface area contributed by atoms with Crippen molar-refractivity contribution in [3.05, 3.63) is 138 Å². The molecule has 650 valence electrons. The Labute approximate surface area is 696 Å². The van der Waals surface area contributed by atoms with Gasteiger partial charge in [0, 0.05) is 63.6 Å². The second-order valence-electron chi connectivity index (χ2n) is 29.4. The number of aromatic nitrogens is 2. The zero-order valence-electron chi connectivity index (χ0n) is 66.0. The van der Waals surface area contributed by atoms with Crippen molar-refractivity contribution in [1.29, 1.82) is 0 Å². The minimum Gasteiger partial charge on any atom is -0.508 e. The summed E-state index contributed by atoms with van der Waals surface area (Å²) >= 11 is 1.24. The monoisotopic (exact) mass is 1700 g/mol. The summed E-state index contributed by atoms with van der Waals surface area (Å²) in [5, 5.41) is 94.1. The fraction of sp³-hybridized carbons (Fsp3) is 0.443. The summed E-state index contributed by atoms with van der Waals surface area (Å²) in [7, 11) is 0. The van der Waals surface area contributed by atoms with Crippen molar-refractivity contribution in [2.45, 2.75) is 182 Å². The number of carbonyl (C=O) groups excluding carboxylic acids is 14. The standard InChI is InChI=1S/C79H99N17O24S/c1-41(67(107)87-52(25-29-121-2)69(109)90-57(37-66(105)106)73(113)93-59(79(119)120)33-45-15-23-50(100)24-16-45)85-70(110)54(31-43-11-19-48(98)20-12-43)88-71(111)55(32-44-13-21-49(99)22-14-44)89-72(112)56(34-46-38-82-40-84-46)92-74(114)60-6-3-26-94(60)77(117)58(36-63(81)101)86-64(102)39-83-68(108)53(30-42-9-17-47(97)18-10-42)91-75(115)61-7-4-27-95(61)78(118)62-8-5-28-96(62)76(116)51(80)35-65(103)104/h9-24,38,40-41,51-62,97-100H,3-8,25-37,39,80H2,1-2H3,(H2,81,101)(H,82,84)(H,83,108)(H,85,110)(H,86,102)(H,87,107)(H,88,111)(H,89,112)(H,90,109)(H,91,115)(H,92,114)(H,93,113)(H,103,104)(H,105,106)(H,119,120)/t41-,51-,52-,53-,54-,55-,56-,57-,58-,59-,60-,61-,62-/m0/s1. The first kappa shape index (κ1) is 93.1. The molecule has 4 aromatic carbocycles. The van der Waals surface area contributed by atoms with E-state index in [9.17, 15) is 112 Å². The van der Waals surface area contributed by atoms with E-state index in [0.717, 1.165) is 4.90 Å². The smallest absolute Gasteiger partial charge is 0.326 e. The van der Waals surface area contributed by atoms with Gasteiger partial charge in [-0.25, -0.2) is 9.78 Å². The van der Waals surface area contributed by atoms with E-state index in [-0.39, 0.29) is 118 Å². The van der Waals surface area contributed by atoms with Crippen LogP contribution in [0.5, 0.6) is 23.0 Å². The number of hydrogen-bond acceptors (Lipinski definition) is 24. The minimum absolute atomic E-state index is 0.0466. The van der Waals surface area contributed by atoms with Crippen LogP contribution in [0.1, 0.15) is 99.1 Å². The molecule has 42 heteroatoms. The number of thioether (sulfide) groups is 1. The molecule has 13 atom stereocenters. The molecular weight excluding hydrogens is 1600 g/mol. The first-order chi connectivity index (χ1) is 57.5. The quantitative estimate of drug-likeness (QED) is 0.0178. The van der Waals surface area contributed by atoms with Crippen molar-refractivity contribution < 1.29 is 117 Å². The fourth-order valence-electron chi connectivity index (χ4n) is 14.0. The Hall–Kier alpha value is -13.4. The van der Waals surface area contributed by atoms with Crippen LogP contribution in [0.4, 0.5) is 0 Å². The van der Waals surface area contributed by atoms with Crippen molar-refractivity contribution in [2.75, 3.05) is 38.2 Å². The third-order valence-corrected chi connectivity index (χ3v) is 21.0. The third-order valence-electron chi connectivity index (χ3n) is 20.3. The zero-order valence-corrected chi connectivity index (χ0v) is 66.8. The van der Waals surface area contributed by atoms with Crippen LogP contribution in [-0.4, -0.2) is 278 Å². The molecule has 41 nitrogen and oxygen atoms in total. The van der Waals surface area contributed by atoms with E-state index in [0.29, 0.717) is 35.1 Å². The van der Waals surface area contributed by atoms with Gasteiger partial charge in [0.25, 0.3) is 0 Å². The van der Waals surface area contributed by atoms with Gasteiger partial charge in [0.2, 0.25) is 82.7 Å². The topological polar surface area (TPSA) is 643 Å². The number of nitrogens with one attached hydrogen (secondary N) is 11. The van der Waals surface area contributed by atoms with Gasteiger partial charge < -0.3 is 120 Å². The van der Waals surface area contributed by atoms with E-state index in [2.05, 4.69) is 63.1 Å². The lowest BCUT2D eigenvalue weighted by molar-refractivity contribution is -0.148. The number of aromatic amines is 1. The van der Waals surface area contributed by atoms with E-state index < -0.39 is 205 Å². The molecule has 4 heterocycles. The Kier molecular flexibility index (Phi) is 34.2. The summed E-state index contributed by atoms with van der Waals surface area (Å²) in [6, 6.07) is 2.00. The number of benzene rings is 4. The van der Waals surface area contributed by atoms with E-state index in [1.54, 1.807) is 6.26 Å². The van der Waals surface area contributed by atoms with E-state index >= 15 is 4.79 Å². The average molecular weight is 1700 g/mol. The van der Waals surface area contributed by atoms with Crippen molar-refractivity contribution in [1.82, 2.24) is 77.8 Å². The number of carboxylic acid groups (broad SMARTS) is 3. The van der Waals surface area contributed by atoms with E-state index in [1.165, 1.54) is 138 Å². The highest BCUT2D eigenvalue weighted by molar-refractivity contribution is 7.98. The maximum atomic E-state index is 15.0. The molecule has 0 bridgehead atoms. The zero-order chi connectivity index (χ0) is 88.3. The summed E-state index contributed by atoms with van der Waals surface area (Å²) in [5.74, 6) is -18.3. The molecule has 1 aromatic heterocycles. The lowest BCUT2D eigenvalue weighted by atomic mass is 10.0. The molecule has 3 aliphatic heterocycles. The number of phenols is 4. The van der Waals surface area contributed by atoms with Crippen molar-refractivity contribution in [2.24, 2.45) is 11.5 Å². The molecule has 3 saturated heterocycles. The molecular formula is C79H99N17O24S. The number of rotatable bonds is 43. The summed E-state index contributed by atoms with van der Waals surface area (Å²) in [4.78, 5) is 244. The fourth-order valence-corrected chi connectivity index (χ4v) is 14.5. The van der Waals surface area contributed by atoms with Crippen LogP contribution in [0, 0.1) is 0 Å². The van der Waals surface area contributed by atoms with E-state index in [1.807, 2.05) is 0 Å². The second-order valence-corrected chi connectivity index (χ2v) is 30.4. The second kappa shape index (κ2) is 44.4. The highest BCUT2D eigenvalue weighted by Crippen LogP contribution is 2.28. The van der Waals surface area contributed by atoms with Gasteiger partial charge in [-0.1, -0.05) is 48.5 Å². The molecule has 0 radical (unpaired) electrons. The van der Waals surface area contributed by atoms with Crippen molar-refractivity contribution >= 4 is 112 Å². The molecule has 121 heavy (non-hydrogen) atoms. The third kappa shape index (κ3) is 27.9. The number of nitrogens with two attached hydrogens (primary N) is 2. The largest absolute Gasteiger partial charge is 0.508 e. The van der Waals surface area contributed by atoms with Gasteiger partial charge in [0.1, 0.15) is 95.5 Å². The van der Waals surface area contributed by atoms with Crippen LogP contribution in [0.25, 0.3) is 0 Å². The Morgan fingerprint density at radius 2 is 0.851 bits per heavy atom. The van der Waals surface area contributed by atoms with Crippen LogP contribution in [0.3, 0.4) is 0 Å². The molecule has 8 rings (SSSR count). The van der Waals surface area contributed by atoms with E-state index in [4.69, 9.17) is 11.5 Å². The molecule has 14 amide bonds. The number of hydrogen-bond donors (Lipinski definition) is 20. The van der Waals surface area contributed by atoms with Crippen molar-refractivity contribution in [3.63, 3.8) is 0 Å².